The third-order valence-electron chi connectivity index (χ3n) is 2.59. The van der Waals surface area contributed by atoms with E-state index in [-0.39, 0.29) is 11.9 Å². The lowest BCUT2D eigenvalue weighted by molar-refractivity contribution is 0.0939. The van der Waals surface area contributed by atoms with Gasteiger partial charge in [0.15, 0.2) is 0 Å². The summed E-state index contributed by atoms with van der Waals surface area (Å²) in [6, 6.07) is 9.23. The molecule has 5 heteroatoms. The first-order valence-corrected chi connectivity index (χ1v) is 7.42. The van der Waals surface area contributed by atoms with Crippen molar-refractivity contribution < 1.29 is 9.21 Å². The Kier molecular flexibility index (Phi) is 4.82. The van der Waals surface area contributed by atoms with Crippen LogP contribution in [0.4, 0.5) is 0 Å². The van der Waals surface area contributed by atoms with E-state index in [2.05, 4.69) is 37.2 Å². The van der Waals surface area contributed by atoms with E-state index in [9.17, 15) is 4.79 Å². The van der Waals surface area contributed by atoms with Gasteiger partial charge in [-0.05, 0) is 37.3 Å². The Morgan fingerprint density at radius 2 is 2.00 bits per heavy atom. The molecule has 1 heterocycles. The second-order valence-electron chi connectivity index (χ2n) is 4.32. The van der Waals surface area contributed by atoms with Crippen molar-refractivity contribution >= 4 is 37.8 Å². The van der Waals surface area contributed by atoms with Crippen LogP contribution in [0.25, 0.3) is 0 Å². The Hall–Kier alpha value is -1.07. The molecule has 1 N–H and O–H groups in total. The SMILES string of the molecule is CC(Cc1ccco1)NC(=O)c1cc(Br)cc(Br)c1. The maximum Gasteiger partial charge on any atom is 0.251 e. The van der Waals surface area contributed by atoms with Crippen LogP contribution in [0.2, 0.25) is 0 Å². The lowest BCUT2D eigenvalue weighted by atomic mass is 10.1. The molecule has 1 atom stereocenters. The fourth-order valence-electron chi connectivity index (χ4n) is 1.77. The van der Waals surface area contributed by atoms with Crippen molar-refractivity contribution in [1.82, 2.24) is 5.32 Å². The number of benzene rings is 1. The Balaban J connectivity index is 2.00. The first kappa shape index (κ1) is 14.3. The molecule has 0 fully saturated rings. The number of halogens is 2. The van der Waals surface area contributed by atoms with E-state index >= 15 is 0 Å². The lowest BCUT2D eigenvalue weighted by Crippen LogP contribution is -2.34. The number of rotatable bonds is 4. The zero-order valence-corrected chi connectivity index (χ0v) is 13.5. The predicted molar refractivity (Wildman–Crippen MR) is 81.2 cm³/mol. The predicted octanol–water partition coefficient (Wildman–Crippen LogP) is 4.17. The minimum atomic E-state index is -0.0962. The maximum absolute atomic E-state index is 12.1. The molecule has 0 spiro atoms. The second kappa shape index (κ2) is 6.39. The summed E-state index contributed by atoms with van der Waals surface area (Å²) in [5.74, 6) is 0.768. The summed E-state index contributed by atoms with van der Waals surface area (Å²) in [5.41, 5.74) is 0.618. The van der Waals surface area contributed by atoms with Crippen LogP contribution in [0.15, 0.2) is 50.0 Å². The molecule has 0 aliphatic carbocycles. The van der Waals surface area contributed by atoms with Crippen molar-refractivity contribution in [3.63, 3.8) is 0 Å². The van der Waals surface area contributed by atoms with E-state index in [0.29, 0.717) is 12.0 Å². The molecule has 1 aromatic carbocycles. The normalized spacial score (nSPS) is 12.2. The first-order chi connectivity index (χ1) is 9.04. The van der Waals surface area contributed by atoms with Gasteiger partial charge in [0.1, 0.15) is 5.76 Å². The number of hydrogen-bond donors (Lipinski definition) is 1. The van der Waals surface area contributed by atoms with Crippen molar-refractivity contribution in [1.29, 1.82) is 0 Å². The Morgan fingerprint density at radius 1 is 1.32 bits per heavy atom. The standard InChI is InChI=1S/C14H13Br2NO2/c1-9(5-13-3-2-4-19-13)17-14(18)10-6-11(15)8-12(16)7-10/h2-4,6-9H,5H2,1H3,(H,17,18). The van der Waals surface area contributed by atoms with Crippen molar-refractivity contribution in [2.75, 3.05) is 0 Å². The monoisotopic (exact) mass is 385 g/mol. The van der Waals surface area contributed by atoms with Crippen LogP contribution in [0.1, 0.15) is 23.0 Å². The molecule has 0 aliphatic rings. The number of carbonyl (C=O) groups is 1. The van der Waals surface area contributed by atoms with Crippen molar-refractivity contribution in [2.45, 2.75) is 19.4 Å². The summed E-state index contributed by atoms with van der Waals surface area (Å²) in [4.78, 5) is 12.1. The molecule has 3 nitrogen and oxygen atoms in total. The van der Waals surface area contributed by atoms with Gasteiger partial charge in [0, 0.05) is 27.0 Å². The first-order valence-electron chi connectivity index (χ1n) is 5.84. The van der Waals surface area contributed by atoms with Crippen LogP contribution in [0.5, 0.6) is 0 Å². The molecule has 19 heavy (non-hydrogen) atoms. The largest absolute Gasteiger partial charge is 0.469 e. The van der Waals surface area contributed by atoms with E-state index in [4.69, 9.17) is 4.42 Å². The minimum Gasteiger partial charge on any atom is -0.469 e. The van der Waals surface area contributed by atoms with Gasteiger partial charge in [-0.25, -0.2) is 0 Å². The molecular formula is C14H13Br2NO2. The van der Waals surface area contributed by atoms with E-state index in [1.165, 1.54) is 0 Å². The molecule has 0 bridgehead atoms. The van der Waals surface area contributed by atoms with Gasteiger partial charge >= 0.3 is 0 Å². The van der Waals surface area contributed by atoms with Crippen LogP contribution in [0, 0.1) is 0 Å². The molecular weight excluding hydrogens is 374 g/mol. The third kappa shape index (κ3) is 4.21. The highest BCUT2D eigenvalue weighted by Crippen LogP contribution is 2.20. The van der Waals surface area contributed by atoms with Crippen molar-refractivity contribution in [2.24, 2.45) is 0 Å². The molecule has 2 aromatic rings. The zero-order chi connectivity index (χ0) is 13.8. The summed E-state index contributed by atoms with van der Waals surface area (Å²) in [5, 5.41) is 2.95. The summed E-state index contributed by atoms with van der Waals surface area (Å²) in [7, 11) is 0. The minimum absolute atomic E-state index is 0.0106. The second-order valence-corrected chi connectivity index (χ2v) is 6.15. The Morgan fingerprint density at radius 3 is 2.58 bits per heavy atom. The van der Waals surface area contributed by atoms with Gasteiger partial charge in [0.05, 0.1) is 6.26 Å². The van der Waals surface area contributed by atoms with Gasteiger partial charge in [-0.3, -0.25) is 4.79 Å². The van der Waals surface area contributed by atoms with E-state index < -0.39 is 0 Å². The number of furan rings is 1. The van der Waals surface area contributed by atoms with Gasteiger partial charge in [-0.2, -0.15) is 0 Å². The van der Waals surface area contributed by atoms with Gasteiger partial charge in [0.25, 0.3) is 5.91 Å². The van der Waals surface area contributed by atoms with Crippen molar-refractivity contribution in [3.8, 4) is 0 Å². The quantitative estimate of drug-likeness (QED) is 0.856. The van der Waals surface area contributed by atoms with Gasteiger partial charge in [0.2, 0.25) is 0 Å². The highest BCUT2D eigenvalue weighted by atomic mass is 79.9. The Labute approximate surface area is 128 Å². The van der Waals surface area contributed by atoms with Crippen LogP contribution >= 0.6 is 31.9 Å². The fraction of sp³-hybridized carbons (Fsp3) is 0.214. The summed E-state index contributed by atoms with van der Waals surface area (Å²) >= 11 is 6.74. The van der Waals surface area contributed by atoms with E-state index in [1.54, 1.807) is 18.4 Å². The Bertz CT molecular complexity index is 547. The lowest BCUT2D eigenvalue weighted by Gasteiger charge is -2.13. The van der Waals surface area contributed by atoms with Gasteiger partial charge in [-0.15, -0.1) is 0 Å². The zero-order valence-electron chi connectivity index (χ0n) is 10.3. The van der Waals surface area contributed by atoms with Crippen molar-refractivity contribution in [3.05, 3.63) is 56.9 Å². The van der Waals surface area contributed by atoms with Crippen LogP contribution in [0.3, 0.4) is 0 Å². The van der Waals surface area contributed by atoms with Crippen LogP contribution in [-0.2, 0) is 6.42 Å². The topological polar surface area (TPSA) is 42.2 Å². The van der Waals surface area contributed by atoms with Crippen LogP contribution in [-0.4, -0.2) is 11.9 Å². The molecule has 0 saturated carbocycles. The van der Waals surface area contributed by atoms with E-state index in [1.807, 2.05) is 25.1 Å². The maximum atomic E-state index is 12.1. The summed E-state index contributed by atoms with van der Waals surface area (Å²) in [6.45, 7) is 1.95. The van der Waals surface area contributed by atoms with Crippen LogP contribution < -0.4 is 5.32 Å². The molecule has 2 rings (SSSR count). The molecule has 1 unspecified atom stereocenters. The molecule has 0 aliphatic heterocycles. The smallest absolute Gasteiger partial charge is 0.251 e. The molecule has 1 aromatic heterocycles. The summed E-state index contributed by atoms with van der Waals surface area (Å²) < 4.78 is 7.00. The number of nitrogens with one attached hydrogen (secondary N) is 1. The molecule has 100 valence electrons. The number of carbonyl (C=O) groups excluding carboxylic acids is 1. The highest BCUT2D eigenvalue weighted by molar-refractivity contribution is 9.11. The summed E-state index contributed by atoms with van der Waals surface area (Å²) in [6.07, 6.45) is 2.31. The van der Waals surface area contributed by atoms with Gasteiger partial charge in [-0.1, -0.05) is 31.9 Å². The molecule has 1 amide bonds. The fourth-order valence-corrected chi connectivity index (χ4v) is 3.07. The average Bonchev–Trinajstić information content (AvgIpc) is 2.80. The van der Waals surface area contributed by atoms with E-state index in [0.717, 1.165) is 14.7 Å². The van der Waals surface area contributed by atoms with Gasteiger partial charge < -0.3 is 9.73 Å². The average molecular weight is 387 g/mol. The highest BCUT2D eigenvalue weighted by Gasteiger charge is 2.12. The number of amides is 1. The number of hydrogen-bond acceptors (Lipinski definition) is 2. The molecule has 0 radical (unpaired) electrons. The molecule has 0 saturated heterocycles. The third-order valence-corrected chi connectivity index (χ3v) is 3.51.